The van der Waals surface area contributed by atoms with Crippen LogP contribution in [0.2, 0.25) is 0 Å². The predicted molar refractivity (Wildman–Crippen MR) is 67.5 cm³/mol. The van der Waals surface area contributed by atoms with Gasteiger partial charge in [0.2, 0.25) is 0 Å². The zero-order valence-corrected chi connectivity index (χ0v) is 9.57. The molecule has 0 aliphatic rings. The van der Waals surface area contributed by atoms with Gasteiger partial charge in [-0.05, 0) is 36.4 Å². The molecule has 0 fully saturated rings. The number of hydrogen-bond acceptors (Lipinski definition) is 0. The highest BCUT2D eigenvalue weighted by Gasteiger charge is 2.09. The van der Waals surface area contributed by atoms with Gasteiger partial charge in [0.25, 0.3) is 5.84 Å². The van der Waals surface area contributed by atoms with Crippen LogP contribution in [0.25, 0.3) is 0 Å². The molecule has 0 unspecified atom stereocenters. The van der Waals surface area contributed by atoms with Crippen LogP contribution in [-0.2, 0) is 0 Å². The average molecular weight is 229 g/mol. The third-order valence-electron chi connectivity index (χ3n) is 2.43. The molecule has 0 saturated heterocycles. The monoisotopic (exact) mass is 229 g/mol. The first-order chi connectivity index (χ1) is 8.29. The smallest absolute Gasteiger partial charge is 0.277 e. The molecule has 2 N–H and O–H groups in total. The van der Waals surface area contributed by atoms with Gasteiger partial charge in [0.15, 0.2) is 0 Å². The van der Waals surface area contributed by atoms with Crippen LogP contribution in [0.4, 0.5) is 10.1 Å². The first-order valence-corrected chi connectivity index (χ1v) is 5.42. The van der Waals surface area contributed by atoms with Gasteiger partial charge in [-0.25, -0.2) is 9.71 Å². The van der Waals surface area contributed by atoms with E-state index < -0.39 is 0 Å². The summed E-state index contributed by atoms with van der Waals surface area (Å²) in [6, 6.07) is 16.2. The van der Waals surface area contributed by atoms with Crippen LogP contribution >= 0.6 is 0 Å². The Morgan fingerprint density at radius 1 is 1.00 bits per heavy atom. The summed E-state index contributed by atoms with van der Waals surface area (Å²) in [6.07, 6.45) is 0. The fraction of sp³-hybridized carbons (Fsp3) is 0.0714. The highest BCUT2D eigenvalue weighted by Crippen LogP contribution is 2.09. The summed E-state index contributed by atoms with van der Waals surface area (Å²) in [5.41, 5.74) is 1.90. The fourth-order valence-corrected chi connectivity index (χ4v) is 1.56. The van der Waals surface area contributed by atoms with Gasteiger partial charge in [0.1, 0.15) is 11.5 Å². The van der Waals surface area contributed by atoms with Crippen molar-refractivity contribution in [2.75, 3.05) is 12.4 Å². The molecule has 0 radical (unpaired) electrons. The Hall–Kier alpha value is -2.16. The predicted octanol–water partition coefficient (Wildman–Crippen LogP) is 1.39. The zero-order valence-electron chi connectivity index (χ0n) is 9.57. The third-order valence-corrected chi connectivity index (χ3v) is 2.43. The summed E-state index contributed by atoms with van der Waals surface area (Å²) >= 11 is 0. The van der Waals surface area contributed by atoms with Crippen molar-refractivity contribution in [2.24, 2.45) is 0 Å². The summed E-state index contributed by atoms with van der Waals surface area (Å²) < 4.78 is 12.8. The Labute approximate surface area is 99.8 Å². The number of anilines is 1. The standard InChI is InChI=1S/C14H13FN2/c1-16-14(11-5-3-2-4-6-11)17-13-9-7-12(15)8-10-13/h2-10H,1H3,(H,16,17)/p+1. The van der Waals surface area contributed by atoms with E-state index in [9.17, 15) is 4.39 Å². The molecule has 0 aliphatic carbocycles. The van der Waals surface area contributed by atoms with Crippen LogP contribution in [0.5, 0.6) is 0 Å². The lowest BCUT2D eigenvalue weighted by Gasteiger charge is -2.02. The Kier molecular flexibility index (Phi) is 3.50. The number of amidine groups is 1. The molecule has 86 valence electrons. The van der Waals surface area contributed by atoms with Crippen LogP contribution in [0.1, 0.15) is 5.56 Å². The van der Waals surface area contributed by atoms with Gasteiger partial charge in [-0.2, -0.15) is 0 Å². The van der Waals surface area contributed by atoms with E-state index in [0.717, 1.165) is 17.1 Å². The van der Waals surface area contributed by atoms with Crippen LogP contribution in [0.3, 0.4) is 0 Å². The molecule has 0 spiro atoms. The summed E-state index contributed by atoms with van der Waals surface area (Å²) in [5.74, 6) is 0.651. The lowest BCUT2D eigenvalue weighted by Crippen LogP contribution is -2.70. The van der Waals surface area contributed by atoms with Crippen molar-refractivity contribution in [3.05, 3.63) is 66.0 Å². The Morgan fingerprint density at radius 3 is 2.24 bits per heavy atom. The summed E-state index contributed by atoms with van der Waals surface area (Å²) in [7, 11) is 1.85. The van der Waals surface area contributed by atoms with E-state index >= 15 is 0 Å². The number of halogens is 1. The molecule has 3 heteroatoms. The van der Waals surface area contributed by atoms with Gasteiger partial charge < -0.3 is 0 Å². The van der Waals surface area contributed by atoms with Gasteiger partial charge in [0.05, 0.1) is 12.6 Å². The molecule has 0 amide bonds. The maximum atomic E-state index is 12.8. The van der Waals surface area contributed by atoms with Crippen LogP contribution in [-0.4, -0.2) is 12.9 Å². The fourth-order valence-electron chi connectivity index (χ4n) is 1.56. The third kappa shape index (κ3) is 2.91. The zero-order chi connectivity index (χ0) is 12.1. The molecule has 2 rings (SSSR count). The van der Waals surface area contributed by atoms with Gasteiger partial charge in [-0.3, -0.25) is 4.99 Å². The van der Waals surface area contributed by atoms with Crippen LogP contribution < -0.4 is 10.3 Å². The molecule has 0 bridgehead atoms. The molecule has 2 aromatic carbocycles. The largest absolute Gasteiger partial charge is 0.279 e. The normalized spacial score (nSPS) is 11.3. The first kappa shape index (κ1) is 11.3. The van der Waals surface area contributed by atoms with E-state index in [4.69, 9.17) is 0 Å². The molecular formula is C14H14FN2+. The first-order valence-electron chi connectivity index (χ1n) is 5.42. The Morgan fingerprint density at radius 2 is 1.65 bits per heavy atom. The molecule has 0 aliphatic heterocycles. The molecule has 2 nitrogen and oxygen atoms in total. The lowest BCUT2D eigenvalue weighted by atomic mass is 10.2. The van der Waals surface area contributed by atoms with E-state index in [1.807, 2.05) is 37.4 Å². The van der Waals surface area contributed by atoms with Crippen molar-refractivity contribution in [2.45, 2.75) is 0 Å². The Bertz CT molecular complexity index is 504. The van der Waals surface area contributed by atoms with Crippen molar-refractivity contribution in [3.63, 3.8) is 0 Å². The van der Waals surface area contributed by atoms with E-state index in [0.29, 0.717) is 0 Å². The summed E-state index contributed by atoms with van der Waals surface area (Å²) in [6.45, 7) is 0. The SMILES string of the molecule is C[NH+]=C(Nc1ccc(F)cc1)c1ccccc1. The molecule has 2 aromatic rings. The lowest BCUT2D eigenvalue weighted by molar-refractivity contribution is -0.419. The van der Waals surface area contributed by atoms with Crippen LogP contribution in [0.15, 0.2) is 54.6 Å². The molecule has 0 saturated carbocycles. The molecule has 0 heterocycles. The minimum atomic E-state index is -0.235. The molecule has 17 heavy (non-hydrogen) atoms. The average Bonchev–Trinajstić information content (AvgIpc) is 2.39. The van der Waals surface area contributed by atoms with Crippen molar-refractivity contribution in [1.29, 1.82) is 0 Å². The second kappa shape index (κ2) is 5.25. The highest BCUT2D eigenvalue weighted by atomic mass is 19.1. The minimum absolute atomic E-state index is 0.235. The van der Waals surface area contributed by atoms with Crippen molar-refractivity contribution < 1.29 is 9.38 Å². The van der Waals surface area contributed by atoms with Crippen molar-refractivity contribution >= 4 is 11.5 Å². The molecular weight excluding hydrogens is 215 g/mol. The van der Waals surface area contributed by atoms with Gasteiger partial charge in [-0.1, -0.05) is 18.2 Å². The number of hydrogen-bond donors (Lipinski definition) is 2. The maximum absolute atomic E-state index is 12.8. The quantitative estimate of drug-likeness (QED) is 0.591. The number of rotatable bonds is 2. The van der Waals surface area contributed by atoms with Crippen LogP contribution in [0, 0.1) is 5.82 Å². The van der Waals surface area contributed by atoms with E-state index in [2.05, 4.69) is 10.3 Å². The van der Waals surface area contributed by atoms with E-state index in [1.165, 1.54) is 12.1 Å². The van der Waals surface area contributed by atoms with E-state index in [-0.39, 0.29) is 5.82 Å². The van der Waals surface area contributed by atoms with E-state index in [1.54, 1.807) is 12.1 Å². The van der Waals surface area contributed by atoms with Gasteiger partial charge >= 0.3 is 0 Å². The summed E-state index contributed by atoms with van der Waals surface area (Å²) in [5, 5.41) is 3.21. The number of benzene rings is 2. The molecule has 0 atom stereocenters. The molecule has 0 aromatic heterocycles. The van der Waals surface area contributed by atoms with Gasteiger partial charge in [-0.15, -0.1) is 0 Å². The van der Waals surface area contributed by atoms with Crippen molar-refractivity contribution in [1.82, 2.24) is 0 Å². The van der Waals surface area contributed by atoms with Gasteiger partial charge in [0, 0.05) is 0 Å². The topological polar surface area (TPSA) is 26.0 Å². The Balaban J connectivity index is 2.19. The van der Waals surface area contributed by atoms with Crippen molar-refractivity contribution in [3.8, 4) is 0 Å². The number of nitrogens with one attached hydrogen (secondary N) is 2. The summed E-state index contributed by atoms with van der Waals surface area (Å²) in [4.78, 5) is 3.09. The maximum Gasteiger partial charge on any atom is 0.279 e. The highest BCUT2D eigenvalue weighted by molar-refractivity contribution is 6.04. The minimum Gasteiger partial charge on any atom is -0.277 e. The second-order valence-corrected chi connectivity index (χ2v) is 3.62. The second-order valence-electron chi connectivity index (χ2n) is 3.62.